The summed E-state index contributed by atoms with van der Waals surface area (Å²) in [7, 11) is 0. The Morgan fingerprint density at radius 3 is 1.47 bits per heavy atom. The lowest BCUT2D eigenvalue weighted by atomic mass is 9.98. The van der Waals surface area contributed by atoms with Gasteiger partial charge in [-0.2, -0.15) is 0 Å². The van der Waals surface area contributed by atoms with Crippen molar-refractivity contribution < 1.29 is 4.42 Å². The first-order valence-corrected chi connectivity index (χ1v) is 22.2. The molecular formula is C60H39N3O. The molecule has 1 unspecified atom stereocenters. The quantitative estimate of drug-likeness (QED) is 0.167. The fourth-order valence-electron chi connectivity index (χ4n) is 10.8. The lowest BCUT2D eigenvalue weighted by molar-refractivity contribution is 0.669. The van der Waals surface area contributed by atoms with Crippen molar-refractivity contribution in [1.82, 2.24) is 8.97 Å². The van der Waals surface area contributed by atoms with Gasteiger partial charge in [0.1, 0.15) is 11.2 Å². The molecule has 0 radical (unpaired) electrons. The average Bonchev–Trinajstić information content (AvgIpc) is 4.10. The number of furan rings is 1. The summed E-state index contributed by atoms with van der Waals surface area (Å²) in [4.78, 5) is 2.50. The molecule has 0 N–H and O–H groups in total. The lowest BCUT2D eigenvalue weighted by Gasteiger charge is -2.33. The molecule has 4 heteroatoms. The monoisotopic (exact) mass is 817 g/mol. The Bertz CT molecular complexity index is 3910. The van der Waals surface area contributed by atoms with Gasteiger partial charge in [-0.25, -0.2) is 0 Å². The van der Waals surface area contributed by atoms with Crippen LogP contribution in [0.4, 0.5) is 11.4 Å². The Balaban J connectivity index is 0.861. The first-order valence-electron chi connectivity index (χ1n) is 22.2. The maximum atomic E-state index is 6.28. The number of benzene rings is 9. The number of aromatic nitrogens is 2. The molecule has 14 rings (SSSR count). The van der Waals surface area contributed by atoms with E-state index in [2.05, 4.69) is 220 Å². The highest BCUT2D eigenvalue weighted by molar-refractivity contribution is 6.24. The van der Waals surface area contributed by atoms with Crippen LogP contribution in [0.5, 0.6) is 0 Å². The van der Waals surface area contributed by atoms with Gasteiger partial charge in [-0.05, 0) is 114 Å². The van der Waals surface area contributed by atoms with Crippen molar-refractivity contribution in [2.24, 2.45) is 0 Å². The summed E-state index contributed by atoms with van der Waals surface area (Å²) in [5.74, 6) is 0. The van der Waals surface area contributed by atoms with Gasteiger partial charge in [0.2, 0.25) is 0 Å². The second-order valence-electron chi connectivity index (χ2n) is 17.2. The molecule has 4 nitrogen and oxygen atoms in total. The van der Waals surface area contributed by atoms with Crippen molar-refractivity contribution in [3.63, 3.8) is 0 Å². The molecular weight excluding hydrogens is 779 g/mol. The Hall–Kier alpha value is -8.34. The van der Waals surface area contributed by atoms with E-state index < -0.39 is 0 Å². The zero-order valence-electron chi connectivity index (χ0n) is 34.8. The zero-order valence-corrected chi connectivity index (χ0v) is 34.8. The first-order chi connectivity index (χ1) is 31.7. The SMILES string of the molecule is C1=CC(N(c2ccc(-c3ccc4c(c3)oc3ccccc34)cc2)c2ccc(-c3cc4c5ccccc5n5c6ccccc6c(c3)c45)cc2)CC=C1n1c2ccccc2c2ccccc21. The number of nitrogens with zero attached hydrogens (tertiary/aromatic N) is 3. The second-order valence-corrected chi connectivity index (χ2v) is 17.2. The predicted molar refractivity (Wildman–Crippen MR) is 269 cm³/mol. The van der Waals surface area contributed by atoms with Crippen molar-refractivity contribution >= 4 is 98.9 Å². The first kappa shape index (κ1) is 35.3. The van der Waals surface area contributed by atoms with Gasteiger partial charge in [0, 0.05) is 60.2 Å². The van der Waals surface area contributed by atoms with Crippen molar-refractivity contribution in [2.45, 2.75) is 12.5 Å². The largest absolute Gasteiger partial charge is 0.456 e. The number of rotatable bonds is 6. The fourth-order valence-corrected chi connectivity index (χ4v) is 10.8. The summed E-state index contributed by atoms with van der Waals surface area (Å²) in [6.45, 7) is 0. The number of hydrogen-bond acceptors (Lipinski definition) is 2. The smallest absolute Gasteiger partial charge is 0.136 e. The average molecular weight is 818 g/mol. The third-order valence-corrected chi connectivity index (χ3v) is 13.8. The molecule has 1 aliphatic carbocycles. The normalized spacial score (nSPS) is 14.4. The summed E-state index contributed by atoms with van der Waals surface area (Å²) >= 11 is 0. The molecule has 1 atom stereocenters. The highest BCUT2D eigenvalue weighted by Crippen LogP contribution is 2.43. The molecule has 0 amide bonds. The number of allylic oxidation sites excluding steroid dienone is 2. The van der Waals surface area contributed by atoms with E-state index in [-0.39, 0.29) is 6.04 Å². The van der Waals surface area contributed by atoms with Crippen LogP contribution in [0.25, 0.3) is 110 Å². The standard InChI is InChI=1S/C60H39N3O/c1-6-16-54-46(11-1)47-12-2-7-17-55(47)62(54)45-32-30-44(31-33-45)61(42-26-21-38(22-27-42)40-25-34-51-50-15-5-10-20-58(50)64-59(51)37-40)43-28-23-39(24-29-43)41-35-52-48-13-3-8-18-56(48)63-57-19-9-4-14-49(57)53(36-41)60(52)63/h1-30,32-37,44H,31H2. The molecule has 0 spiro atoms. The molecule has 64 heavy (non-hydrogen) atoms. The third-order valence-electron chi connectivity index (χ3n) is 13.8. The van der Waals surface area contributed by atoms with Crippen LogP contribution in [0.2, 0.25) is 0 Å². The van der Waals surface area contributed by atoms with Gasteiger partial charge in [-0.3, -0.25) is 0 Å². The van der Waals surface area contributed by atoms with Gasteiger partial charge < -0.3 is 18.3 Å². The van der Waals surface area contributed by atoms with Gasteiger partial charge in [-0.15, -0.1) is 0 Å². The summed E-state index contributed by atoms with van der Waals surface area (Å²) in [6, 6.07) is 73.1. The minimum Gasteiger partial charge on any atom is -0.456 e. The van der Waals surface area contributed by atoms with Crippen LogP contribution >= 0.6 is 0 Å². The van der Waals surface area contributed by atoms with Crippen LogP contribution < -0.4 is 4.90 Å². The van der Waals surface area contributed by atoms with E-state index >= 15 is 0 Å². The maximum Gasteiger partial charge on any atom is 0.136 e. The highest BCUT2D eigenvalue weighted by Gasteiger charge is 2.24. The molecule has 4 heterocycles. The van der Waals surface area contributed by atoms with Crippen LogP contribution in [-0.4, -0.2) is 15.0 Å². The Morgan fingerprint density at radius 1 is 0.406 bits per heavy atom. The number of para-hydroxylation sites is 5. The molecule has 0 bridgehead atoms. The zero-order chi connectivity index (χ0) is 41.9. The molecule has 0 saturated carbocycles. The lowest BCUT2D eigenvalue weighted by Crippen LogP contribution is -2.30. The van der Waals surface area contributed by atoms with Crippen LogP contribution in [0.3, 0.4) is 0 Å². The summed E-state index contributed by atoms with van der Waals surface area (Å²) < 4.78 is 11.1. The fraction of sp³-hybridized carbons (Fsp3) is 0.0333. The van der Waals surface area contributed by atoms with Crippen molar-refractivity contribution in [2.75, 3.05) is 4.90 Å². The van der Waals surface area contributed by atoms with E-state index in [1.807, 2.05) is 12.1 Å². The number of fused-ring (bicyclic) bond motifs is 12. The number of anilines is 2. The van der Waals surface area contributed by atoms with Gasteiger partial charge in [-0.1, -0.05) is 133 Å². The van der Waals surface area contributed by atoms with Crippen molar-refractivity contribution in [3.8, 4) is 22.3 Å². The topological polar surface area (TPSA) is 25.7 Å². The van der Waals surface area contributed by atoms with Crippen LogP contribution in [0.15, 0.2) is 223 Å². The van der Waals surface area contributed by atoms with Gasteiger partial charge in [0.15, 0.2) is 0 Å². The highest BCUT2D eigenvalue weighted by atomic mass is 16.3. The van der Waals surface area contributed by atoms with E-state index in [0.717, 1.165) is 50.9 Å². The molecule has 1 aliphatic rings. The van der Waals surface area contributed by atoms with Crippen LogP contribution in [0, 0.1) is 0 Å². The van der Waals surface area contributed by atoms with Crippen LogP contribution in [-0.2, 0) is 0 Å². The molecule has 0 aliphatic heterocycles. The van der Waals surface area contributed by atoms with E-state index in [1.54, 1.807) is 0 Å². The summed E-state index contributed by atoms with van der Waals surface area (Å²) in [5.41, 5.74) is 16.3. The predicted octanol–water partition coefficient (Wildman–Crippen LogP) is 16.2. The summed E-state index contributed by atoms with van der Waals surface area (Å²) in [6.07, 6.45) is 7.97. The van der Waals surface area contributed by atoms with Gasteiger partial charge in [0.25, 0.3) is 0 Å². The van der Waals surface area contributed by atoms with Crippen LogP contribution in [0.1, 0.15) is 6.42 Å². The minimum atomic E-state index is 0.0973. The Labute approximate surface area is 368 Å². The molecule has 13 aromatic rings. The second kappa shape index (κ2) is 13.6. The number of hydrogen-bond donors (Lipinski definition) is 0. The Kier molecular flexibility index (Phi) is 7.48. The van der Waals surface area contributed by atoms with E-state index in [1.165, 1.54) is 76.7 Å². The van der Waals surface area contributed by atoms with E-state index in [0.29, 0.717) is 0 Å². The minimum absolute atomic E-state index is 0.0973. The van der Waals surface area contributed by atoms with E-state index in [9.17, 15) is 0 Å². The maximum absolute atomic E-state index is 6.28. The van der Waals surface area contributed by atoms with Gasteiger partial charge >= 0.3 is 0 Å². The molecule has 300 valence electrons. The summed E-state index contributed by atoms with van der Waals surface area (Å²) in [5, 5.41) is 10.0. The van der Waals surface area contributed by atoms with Crippen molar-refractivity contribution in [3.05, 3.63) is 218 Å². The van der Waals surface area contributed by atoms with Crippen molar-refractivity contribution in [1.29, 1.82) is 0 Å². The van der Waals surface area contributed by atoms with E-state index in [4.69, 9.17) is 4.42 Å². The third kappa shape index (κ3) is 5.17. The molecule has 0 fully saturated rings. The Morgan fingerprint density at radius 2 is 0.891 bits per heavy atom. The molecule has 9 aromatic carbocycles. The molecule has 4 aromatic heterocycles. The molecule has 0 saturated heterocycles. The van der Waals surface area contributed by atoms with Gasteiger partial charge in [0.05, 0.1) is 33.6 Å².